The Kier molecular flexibility index (Phi) is 8.46. The molecule has 1 aromatic rings. The smallest absolute Gasteiger partial charge is 0.114 e. The molecule has 0 aromatic heterocycles. The molecule has 0 saturated heterocycles. The van der Waals surface area contributed by atoms with Gasteiger partial charge in [0.15, 0.2) is 0 Å². The van der Waals surface area contributed by atoms with Crippen LogP contribution in [0, 0.1) is 0 Å². The lowest BCUT2D eigenvalue weighted by molar-refractivity contribution is 0.211. The summed E-state index contributed by atoms with van der Waals surface area (Å²) in [5, 5.41) is 0. The Morgan fingerprint density at radius 2 is 1.78 bits per heavy atom. The molecule has 2 heteroatoms. The van der Waals surface area contributed by atoms with Crippen LogP contribution in [-0.2, 0) is 11.3 Å². The maximum atomic E-state index is 5.55. The van der Waals surface area contributed by atoms with Crippen LogP contribution in [0.1, 0.15) is 26.3 Å². The standard InChI is InChI=1S/C14H19NO.C2H6/c1-12(15(3)4)10-13(2)16-11-14-8-6-5-7-9-14;1-2/h5-10H,2,11H2,1,3-4H3;1-2H3/b12-10-;. The Hall–Kier alpha value is -1.70. The van der Waals surface area contributed by atoms with Crippen molar-refractivity contribution in [1.82, 2.24) is 4.90 Å². The molecule has 0 bridgehead atoms. The third kappa shape index (κ3) is 6.79. The molecule has 18 heavy (non-hydrogen) atoms. The maximum Gasteiger partial charge on any atom is 0.114 e. The summed E-state index contributed by atoms with van der Waals surface area (Å²) in [6, 6.07) is 10.1. The van der Waals surface area contributed by atoms with Crippen LogP contribution in [0.5, 0.6) is 0 Å². The fraction of sp³-hybridized carbons (Fsp3) is 0.375. The van der Waals surface area contributed by atoms with Gasteiger partial charge in [-0.15, -0.1) is 0 Å². The highest BCUT2D eigenvalue weighted by Crippen LogP contribution is 2.08. The molecule has 0 heterocycles. The zero-order valence-corrected chi connectivity index (χ0v) is 12.2. The van der Waals surface area contributed by atoms with Crippen molar-refractivity contribution in [2.75, 3.05) is 14.1 Å². The number of hydrogen-bond donors (Lipinski definition) is 0. The van der Waals surface area contributed by atoms with Gasteiger partial charge in [-0.1, -0.05) is 50.8 Å². The van der Waals surface area contributed by atoms with Crippen molar-refractivity contribution in [2.45, 2.75) is 27.4 Å². The van der Waals surface area contributed by atoms with Crippen molar-refractivity contribution < 1.29 is 4.74 Å². The second-order valence-corrected chi connectivity index (χ2v) is 3.92. The lowest BCUT2D eigenvalue weighted by Crippen LogP contribution is -2.08. The number of rotatable bonds is 5. The van der Waals surface area contributed by atoms with Gasteiger partial charge in [-0.25, -0.2) is 0 Å². The molecule has 0 N–H and O–H groups in total. The lowest BCUT2D eigenvalue weighted by atomic mass is 10.2. The summed E-state index contributed by atoms with van der Waals surface area (Å²) < 4.78 is 5.55. The van der Waals surface area contributed by atoms with Crippen molar-refractivity contribution in [3.8, 4) is 0 Å². The first-order valence-electron chi connectivity index (χ1n) is 6.31. The van der Waals surface area contributed by atoms with E-state index in [1.165, 1.54) is 0 Å². The first kappa shape index (κ1) is 16.3. The van der Waals surface area contributed by atoms with Gasteiger partial charge >= 0.3 is 0 Å². The highest BCUT2D eigenvalue weighted by atomic mass is 16.5. The zero-order valence-electron chi connectivity index (χ0n) is 12.2. The van der Waals surface area contributed by atoms with E-state index in [-0.39, 0.29) is 0 Å². The van der Waals surface area contributed by atoms with Gasteiger partial charge < -0.3 is 9.64 Å². The van der Waals surface area contributed by atoms with Crippen LogP contribution in [0.25, 0.3) is 0 Å². The Labute approximate surface area is 112 Å². The van der Waals surface area contributed by atoms with E-state index in [2.05, 4.69) is 6.58 Å². The summed E-state index contributed by atoms with van der Waals surface area (Å²) in [4.78, 5) is 2.02. The first-order chi connectivity index (χ1) is 8.59. The molecule has 0 radical (unpaired) electrons. The Morgan fingerprint density at radius 3 is 2.28 bits per heavy atom. The molecule has 0 atom stereocenters. The summed E-state index contributed by atoms with van der Waals surface area (Å²) in [7, 11) is 3.99. The first-order valence-corrected chi connectivity index (χ1v) is 6.31. The average Bonchev–Trinajstić information content (AvgIpc) is 2.40. The van der Waals surface area contributed by atoms with E-state index in [0.717, 1.165) is 11.3 Å². The van der Waals surface area contributed by atoms with Gasteiger partial charge in [0, 0.05) is 19.8 Å². The summed E-state index contributed by atoms with van der Waals surface area (Å²) in [5.41, 5.74) is 2.28. The third-order valence-corrected chi connectivity index (χ3v) is 2.34. The minimum atomic E-state index is 0.566. The quantitative estimate of drug-likeness (QED) is 0.571. The van der Waals surface area contributed by atoms with E-state index < -0.39 is 0 Å². The molecular formula is C16H25NO. The second-order valence-electron chi connectivity index (χ2n) is 3.92. The van der Waals surface area contributed by atoms with Crippen molar-refractivity contribution in [3.05, 3.63) is 60.0 Å². The normalized spacial score (nSPS) is 10.2. The van der Waals surface area contributed by atoms with Crippen molar-refractivity contribution in [2.24, 2.45) is 0 Å². The number of allylic oxidation sites excluding steroid dienone is 2. The Balaban J connectivity index is 0.00000137. The van der Waals surface area contributed by atoms with E-state index >= 15 is 0 Å². The summed E-state index contributed by atoms with van der Waals surface area (Å²) in [6.45, 7) is 10.5. The highest BCUT2D eigenvalue weighted by Gasteiger charge is 1.96. The van der Waals surface area contributed by atoms with Gasteiger partial charge in [0.25, 0.3) is 0 Å². The fourth-order valence-electron chi connectivity index (χ4n) is 1.15. The fourth-order valence-corrected chi connectivity index (χ4v) is 1.15. The SMILES string of the molecule is C=C(/C=C(/C)N(C)C)OCc1ccccc1.CC. The van der Waals surface area contributed by atoms with Crippen LogP contribution in [0.2, 0.25) is 0 Å². The number of hydrogen-bond acceptors (Lipinski definition) is 2. The average molecular weight is 247 g/mol. The molecule has 1 rings (SSSR count). The molecule has 0 spiro atoms. The predicted octanol–water partition coefficient (Wildman–Crippen LogP) is 4.21. The van der Waals surface area contributed by atoms with Crippen LogP contribution in [0.15, 0.2) is 54.4 Å². The van der Waals surface area contributed by atoms with E-state index in [1.807, 2.05) is 76.2 Å². The molecule has 0 amide bonds. The topological polar surface area (TPSA) is 12.5 Å². The lowest BCUT2D eigenvalue weighted by Gasteiger charge is -2.13. The van der Waals surface area contributed by atoms with Gasteiger partial charge in [0.2, 0.25) is 0 Å². The summed E-state index contributed by atoms with van der Waals surface area (Å²) in [5.74, 6) is 0.690. The predicted molar refractivity (Wildman–Crippen MR) is 79.2 cm³/mol. The molecule has 0 aliphatic heterocycles. The van der Waals surface area contributed by atoms with Gasteiger partial charge in [0.05, 0.1) is 0 Å². The van der Waals surface area contributed by atoms with Crippen LogP contribution in [-0.4, -0.2) is 19.0 Å². The monoisotopic (exact) mass is 247 g/mol. The minimum Gasteiger partial charge on any atom is -0.489 e. The molecular weight excluding hydrogens is 222 g/mol. The number of nitrogens with zero attached hydrogens (tertiary/aromatic N) is 1. The summed E-state index contributed by atoms with van der Waals surface area (Å²) in [6.07, 6.45) is 1.93. The molecule has 1 aromatic carbocycles. The van der Waals surface area contributed by atoms with Gasteiger partial charge in [-0.2, -0.15) is 0 Å². The van der Waals surface area contributed by atoms with Gasteiger partial charge in [-0.3, -0.25) is 0 Å². The van der Waals surface area contributed by atoms with Crippen molar-refractivity contribution >= 4 is 0 Å². The maximum absolute atomic E-state index is 5.55. The second kappa shape index (κ2) is 9.34. The Morgan fingerprint density at radius 1 is 1.22 bits per heavy atom. The van der Waals surface area contributed by atoms with Crippen LogP contribution in [0.3, 0.4) is 0 Å². The molecule has 0 unspecified atom stereocenters. The largest absolute Gasteiger partial charge is 0.489 e. The molecule has 0 fully saturated rings. The summed E-state index contributed by atoms with van der Waals surface area (Å²) >= 11 is 0. The van der Waals surface area contributed by atoms with E-state index in [0.29, 0.717) is 12.4 Å². The number of ether oxygens (including phenoxy) is 1. The Bertz CT molecular complexity index is 366. The third-order valence-electron chi connectivity index (χ3n) is 2.34. The molecule has 0 aliphatic rings. The van der Waals surface area contributed by atoms with Crippen molar-refractivity contribution in [1.29, 1.82) is 0 Å². The molecule has 2 nitrogen and oxygen atoms in total. The van der Waals surface area contributed by atoms with Crippen molar-refractivity contribution in [3.63, 3.8) is 0 Å². The molecule has 100 valence electrons. The van der Waals surface area contributed by atoms with Crippen LogP contribution >= 0.6 is 0 Å². The van der Waals surface area contributed by atoms with Gasteiger partial charge in [0.1, 0.15) is 12.4 Å². The van der Waals surface area contributed by atoms with Crippen LogP contribution < -0.4 is 0 Å². The van der Waals surface area contributed by atoms with E-state index in [9.17, 15) is 0 Å². The minimum absolute atomic E-state index is 0.566. The number of benzene rings is 1. The van der Waals surface area contributed by atoms with Crippen LogP contribution in [0.4, 0.5) is 0 Å². The molecule has 0 aliphatic carbocycles. The zero-order chi connectivity index (χ0) is 14.0. The van der Waals surface area contributed by atoms with E-state index in [4.69, 9.17) is 4.74 Å². The molecule has 0 saturated carbocycles. The van der Waals surface area contributed by atoms with Gasteiger partial charge in [-0.05, 0) is 18.6 Å². The highest BCUT2D eigenvalue weighted by molar-refractivity contribution is 5.16. The van der Waals surface area contributed by atoms with E-state index in [1.54, 1.807) is 0 Å².